The lowest BCUT2D eigenvalue weighted by molar-refractivity contribution is 0.0497. The van der Waals surface area contributed by atoms with E-state index in [1.807, 2.05) is 13.0 Å². The normalized spacial score (nSPS) is 15.3. The molecule has 0 bridgehead atoms. The Balaban J connectivity index is 2.00. The van der Waals surface area contributed by atoms with E-state index < -0.39 is 11.7 Å². The SMILES string of the molecule is Cc1cc(C2CCC2)c(CNNC(=O)OC(C)(C)C)c(=O)[nH]1. The third-order valence-corrected chi connectivity index (χ3v) is 3.70. The maximum atomic E-state index is 12.2. The summed E-state index contributed by atoms with van der Waals surface area (Å²) in [6.45, 7) is 7.56. The van der Waals surface area contributed by atoms with E-state index >= 15 is 0 Å². The molecule has 0 unspecified atom stereocenters. The van der Waals surface area contributed by atoms with Crippen molar-refractivity contribution in [3.05, 3.63) is 33.2 Å². The molecule has 1 aromatic heterocycles. The molecule has 1 fully saturated rings. The fourth-order valence-corrected chi connectivity index (χ4v) is 2.52. The average Bonchev–Trinajstić information content (AvgIpc) is 2.27. The van der Waals surface area contributed by atoms with Crippen LogP contribution in [-0.4, -0.2) is 16.7 Å². The van der Waals surface area contributed by atoms with Gasteiger partial charge in [0.25, 0.3) is 5.56 Å². The molecule has 1 saturated carbocycles. The largest absolute Gasteiger partial charge is 0.443 e. The van der Waals surface area contributed by atoms with Crippen LogP contribution < -0.4 is 16.4 Å². The predicted molar refractivity (Wildman–Crippen MR) is 84.6 cm³/mol. The van der Waals surface area contributed by atoms with Crippen LogP contribution in [0.2, 0.25) is 0 Å². The van der Waals surface area contributed by atoms with E-state index in [1.165, 1.54) is 6.42 Å². The van der Waals surface area contributed by atoms with Crippen molar-refractivity contribution in [1.29, 1.82) is 0 Å². The Bertz CT molecular complexity index is 598. The van der Waals surface area contributed by atoms with Crippen LogP contribution >= 0.6 is 0 Å². The molecular weight excluding hydrogens is 282 g/mol. The van der Waals surface area contributed by atoms with Gasteiger partial charge in [-0.2, -0.15) is 0 Å². The van der Waals surface area contributed by atoms with Gasteiger partial charge in [0.1, 0.15) is 5.60 Å². The predicted octanol–water partition coefficient (Wildman–Crippen LogP) is 2.48. The van der Waals surface area contributed by atoms with Crippen LogP contribution in [0.25, 0.3) is 0 Å². The van der Waals surface area contributed by atoms with Crippen LogP contribution in [-0.2, 0) is 11.3 Å². The van der Waals surface area contributed by atoms with Gasteiger partial charge in [-0.05, 0) is 58.1 Å². The van der Waals surface area contributed by atoms with Crippen molar-refractivity contribution in [2.75, 3.05) is 0 Å². The number of ether oxygens (including phenoxy) is 1. The number of amides is 1. The Labute approximate surface area is 130 Å². The first-order valence-electron chi connectivity index (χ1n) is 7.71. The summed E-state index contributed by atoms with van der Waals surface area (Å²) in [4.78, 5) is 26.6. The maximum Gasteiger partial charge on any atom is 0.422 e. The second-order valence-corrected chi connectivity index (χ2v) is 6.82. The number of carbonyl (C=O) groups excluding carboxylic acids is 1. The van der Waals surface area contributed by atoms with Crippen molar-refractivity contribution >= 4 is 6.09 Å². The minimum absolute atomic E-state index is 0.0969. The zero-order valence-corrected chi connectivity index (χ0v) is 13.7. The van der Waals surface area contributed by atoms with Crippen LogP contribution in [0.5, 0.6) is 0 Å². The van der Waals surface area contributed by atoms with Crippen LogP contribution in [0.4, 0.5) is 4.79 Å². The molecule has 1 amide bonds. The molecule has 1 aromatic rings. The van der Waals surface area contributed by atoms with Gasteiger partial charge in [0.15, 0.2) is 0 Å². The highest BCUT2D eigenvalue weighted by molar-refractivity contribution is 5.66. The Morgan fingerprint density at radius 2 is 2.09 bits per heavy atom. The highest BCUT2D eigenvalue weighted by atomic mass is 16.6. The molecule has 1 heterocycles. The lowest BCUT2D eigenvalue weighted by Gasteiger charge is -2.28. The fraction of sp³-hybridized carbons (Fsp3) is 0.625. The number of rotatable bonds is 4. The molecule has 122 valence electrons. The van der Waals surface area contributed by atoms with Crippen LogP contribution in [0.15, 0.2) is 10.9 Å². The van der Waals surface area contributed by atoms with E-state index in [4.69, 9.17) is 4.74 Å². The van der Waals surface area contributed by atoms with Gasteiger partial charge in [-0.1, -0.05) is 6.42 Å². The van der Waals surface area contributed by atoms with Crippen molar-refractivity contribution < 1.29 is 9.53 Å². The summed E-state index contributed by atoms with van der Waals surface area (Å²) in [5.74, 6) is 0.458. The standard InChI is InChI=1S/C16H25N3O3/c1-10-8-12(11-6-5-7-11)13(14(20)18-10)9-17-19-15(21)22-16(2,3)4/h8,11,17H,5-7,9H2,1-4H3,(H,18,20)(H,19,21). The van der Waals surface area contributed by atoms with E-state index in [1.54, 1.807) is 20.8 Å². The zero-order chi connectivity index (χ0) is 16.3. The highest BCUT2D eigenvalue weighted by Crippen LogP contribution is 2.37. The molecule has 6 heteroatoms. The summed E-state index contributed by atoms with van der Waals surface area (Å²) >= 11 is 0. The van der Waals surface area contributed by atoms with Crippen molar-refractivity contribution in [3.63, 3.8) is 0 Å². The van der Waals surface area contributed by atoms with E-state index in [0.717, 1.165) is 24.1 Å². The summed E-state index contributed by atoms with van der Waals surface area (Å²) in [6.07, 6.45) is 2.89. The third kappa shape index (κ3) is 4.34. The molecule has 0 radical (unpaired) electrons. The Hall–Kier alpha value is -1.82. The lowest BCUT2D eigenvalue weighted by atomic mass is 9.78. The monoisotopic (exact) mass is 307 g/mol. The number of aryl methyl sites for hydroxylation is 1. The number of hydrazine groups is 1. The molecule has 3 N–H and O–H groups in total. The van der Waals surface area contributed by atoms with Gasteiger partial charge in [0, 0.05) is 17.8 Å². The zero-order valence-electron chi connectivity index (χ0n) is 13.7. The number of aromatic amines is 1. The van der Waals surface area contributed by atoms with E-state index in [9.17, 15) is 9.59 Å². The van der Waals surface area contributed by atoms with Crippen LogP contribution in [0.3, 0.4) is 0 Å². The second kappa shape index (κ2) is 6.52. The van der Waals surface area contributed by atoms with Gasteiger partial charge in [0.05, 0.1) is 0 Å². The summed E-state index contributed by atoms with van der Waals surface area (Å²) in [5, 5.41) is 0. The van der Waals surface area contributed by atoms with E-state index in [-0.39, 0.29) is 12.1 Å². The van der Waals surface area contributed by atoms with Crippen LogP contribution in [0.1, 0.15) is 62.8 Å². The van der Waals surface area contributed by atoms with Gasteiger partial charge in [-0.15, -0.1) is 0 Å². The average molecular weight is 307 g/mol. The number of hydrogen-bond acceptors (Lipinski definition) is 4. The summed E-state index contributed by atoms with van der Waals surface area (Å²) in [7, 11) is 0. The minimum atomic E-state index is -0.554. The summed E-state index contributed by atoms with van der Waals surface area (Å²) in [5.41, 5.74) is 7.25. The summed E-state index contributed by atoms with van der Waals surface area (Å²) < 4.78 is 5.14. The van der Waals surface area contributed by atoms with Gasteiger partial charge < -0.3 is 9.72 Å². The summed E-state index contributed by atoms with van der Waals surface area (Å²) in [6, 6.07) is 2.04. The topological polar surface area (TPSA) is 83.2 Å². The van der Waals surface area contributed by atoms with Crippen molar-refractivity contribution in [1.82, 2.24) is 15.8 Å². The molecular formula is C16H25N3O3. The lowest BCUT2D eigenvalue weighted by Crippen LogP contribution is -2.42. The molecule has 0 saturated heterocycles. The van der Waals surface area contributed by atoms with Crippen molar-refractivity contribution in [2.24, 2.45) is 0 Å². The number of H-pyrrole nitrogens is 1. The van der Waals surface area contributed by atoms with Crippen molar-refractivity contribution in [2.45, 2.75) is 65.0 Å². The Kier molecular flexibility index (Phi) is 4.90. The molecule has 0 spiro atoms. The van der Waals surface area contributed by atoms with E-state index in [0.29, 0.717) is 11.5 Å². The molecule has 2 rings (SSSR count). The highest BCUT2D eigenvalue weighted by Gasteiger charge is 2.24. The second-order valence-electron chi connectivity index (χ2n) is 6.82. The van der Waals surface area contributed by atoms with E-state index in [2.05, 4.69) is 15.8 Å². The third-order valence-electron chi connectivity index (χ3n) is 3.70. The first kappa shape index (κ1) is 16.5. The molecule has 1 aliphatic carbocycles. The molecule has 0 atom stereocenters. The molecule has 0 aromatic carbocycles. The fourth-order valence-electron chi connectivity index (χ4n) is 2.52. The van der Waals surface area contributed by atoms with Gasteiger partial charge in [0.2, 0.25) is 0 Å². The smallest absolute Gasteiger partial charge is 0.422 e. The first-order chi connectivity index (χ1) is 10.3. The molecule has 22 heavy (non-hydrogen) atoms. The van der Waals surface area contributed by atoms with Crippen molar-refractivity contribution in [3.8, 4) is 0 Å². The van der Waals surface area contributed by atoms with Gasteiger partial charge in [-0.3, -0.25) is 10.2 Å². The maximum absolute atomic E-state index is 12.2. The first-order valence-corrected chi connectivity index (χ1v) is 7.71. The molecule has 1 aliphatic rings. The number of nitrogens with one attached hydrogen (secondary N) is 3. The number of aromatic nitrogens is 1. The van der Waals surface area contributed by atoms with Gasteiger partial charge >= 0.3 is 6.09 Å². The number of pyridine rings is 1. The minimum Gasteiger partial charge on any atom is -0.443 e. The number of carbonyl (C=O) groups is 1. The van der Waals surface area contributed by atoms with Gasteiger partial charge in [-0.25, -0.2) is 10.2 Å². The molecule has 6 nitrogen and oxygen atoms in total. The Morgan fingerprint density at radius 3 is 2.64 bits per heavy atom. The Morgan fingerprint density at radius 1 is 1.41 bits per heavy atom. The van der Waals surface area contributed by atoms with Crippen LogP contribution in [0, 0.1) is 6.92 Å². The molecule has 0 aliphatic heterocycles. The number of hydrogen-bond donors (Lipinski definition) is 3. The quantitative estimate of drug-likeness (QED) is 0.746.